The van der Waals surface area contributed by atoms with E-state index in [1.807, 2.05) is 36.7 Å². The summed E-state index contributed by atoms with van der Waals surface area (Å²) in [6, 6.07) is 16.6. The van der Waals surface area contributed by atoms with Crippen molar-refractivity contribution in [1.82, 2.24) is 25.4 Å². The maximum atomic E-state index is 6.13. The molecule has 2 N–H and O–H groups in total. The molecule has 1 aromatic heterocycles. The highest BCUT2D eigenvalue weighted by atomic mass is 16.5. The first-order valence-corrected chi connectivity index (χ1v) is 11.2. The van der Waals surface area contributed by atoms with Crippen molar-refractivity contribution >= 4 is 5.96 Å². The zero-order chi connectivity index (χ0) is 22.3. The Bertz CT molecular complexity index is 1060. The Labute approximate surface area is 189 Å². The fourth-order valence-corrected chi connectivity index (χ4v) is 3.31. The number of nitrogens with one attached hydrogen (secondary N) is 2. The molecule has 0 amide bonds. The first kappa shape index (κ1) is 21.9. The van der Waals surface area contributed by atoms with Crippen molar-refractivity contribution in [3.8, 4) is 5.75 Å². The van der Waals surface area contributed by atoms with Gasteiger partial charge in [-0.15, -0.1) is 10.2 Å². The maximum Gasteiger partial charge on any atom is 0.192 e. The summed E-state index contributed by atoms with van der Waals surface area (Å²) in [6.07, 6.45) is 2.56. The minimum atomic E-state index is 0.539. The van der Waals surface area contributed by atoms with Crippen LogP contribution in [0.3, 0.4) is 0 Å². The summed E-state index contributed by atoms with van der Waals surface area (Å²) in [6.45, 7) is 6.59. The number of benzene rings is 2. The van der Waals surface area contributed by atoms with E-state index in [1.54, 1.807) is 0 Å². The van der Waals surface area contributed by atoms with E-state index in [2.05, 4.69) is 58.1 Å². The average molecular weight is 433 g/mol. The van der Waals surface area contributed by atoms with E-state index in [0.717, 1.165) is 47.0 Å². The molecule has 1 fully saturated rings. The van der Waals surface area contributed by atoms with Gasteiger partial charge < -0.3 is 19.9 Å². The first-order valence-electron chi connectivity index (χ1n) is 11.2. The Hall–Kier alpha value is -3.35. The van der Waals surface area contributed by atoms with E-state index in [9.17, 15) is 0 Å². The maximum absolute atomic E-state index is 6.13. The molecule has 0 spiro atoms. The zero-order valence-corrected chi connectivity index (χ0v) is 19.1. The molecule has 1 aliphatic rings. The Balaban J connectivity index is 1.45. The lowest BCUT2D eigenvalue weighted by atomic mass is 10.1. The lowest BCUT2D eigenvalue weighted by Crippen LogP contribution is -2.37. The van der Waals surface area contributed by atoms with Crippen molar-refractivity contribution in [2.24, 2.45) is 18.0 Å². The summed E-state index contributed by atoms with van der Waals surface area (Å²) in [5.41, 5.74) is 3.49. The fraction of sp³-hybridized carbons (Fsp3) is 0.400. The van der Waals surface area contributed by atoms with E-state index in [4.69, 9.17) is 9.73 Å². The van der Waals surface area contributed by atoms with Crippen molar-refractivity contribution in [3.63, 3.8) is 0 Å². The Morgan fingerprint density at radius 3 is 2.56 bits per heavy atom. The van der Waals surface area contributed by atoms with Crippen LogP contribution in [0.1, 0.15) is 41.2 Å². The van der Waals surface area contributed by atoms with Crippen LogP contribution in [0.2, 0.25) is 0 Å². The number of aryl methyl sites for hydroxylation is 2. The predicted octanol–water partition coefficient (Wildman–Crippen LogP) is 3.66. The standard InChI is InChI=1S/C25H32N6O/c1-18-9-12-22(23(13-18)32-17-21-10-11-21)15-27-25(26-14-20-7-5-4-6-8-20)28-16-24-30-29-19(2)31(24)3/h4-9,12-13,21H,10-11,14-17H2,1-3H3,(H2,26,27,28). The van der Waals surface area contributed by atoms with Crippen molar-refractivity contribution in [1.29, 1.82) is 0 Å². The van der Waals surface area contributed by atoms with E-state index in [-0.39, 0.29) is 0 Å². The van der Waals surface area contributed by atoms with Gasteiger partial charge in [-0.05, 0) is 49.8 Å². The van der Waals surface area contributed by atoms with Crippen molar-refractivity contribution < 1.29 is 4.74 Å². The third-order valence-electron chi connectivity index (χ3n) is 5.70. The van der Waals surface area contributed by atoms with Gasteiger partial charge >= 0.3 is 0 Å². The van der Waals surface area contributed by atoms with Crippen LogP contribution >= 0.6 is 0 Å². The van der Waals surface area contributed by atoms with Crippen molar-refractivity contribution in [3.05, 3.63) is 76.9 Å². The predicted molar refractivity (Wildman–Crippen MR) is 126 cm³/mol. The second kappa shape index (κ2) is 10.3. The van der Waals surface area contributed by atoms with Gasteiger partial charge in [-0.2, -0.15) is 0 Å². The van der Waals surface area contributed by atoms with Crippen LogP contribution in [0.15, 0.2) is 53.5 Å². The Morgan fingerprint density at radius 1 is 1.06 bits per heavy atom. The number of rotatable bonds is 9. The summed E-state index contributed by atoms with van der Waals surface area (Å²) >= 11 is 0. The molecular formula is C25H32N6O. The fourth-order valence-electron chi connectivity index (χ4n) is 3.31. The number of nitrogens with zero attached hydrogens (tertiary/aromatic N) is 4. The molecule has 1 aliphatic carbocycles. The quantitative estimate of drug-likeness (QED) is 0.399. The number of hydrogen-bond donors (Lipinski definition) is 2. The highest BCUT2D eigenvalue weighted by Crippen LogP contribution is 2.30. The first-order chi connectivity index (χ1) is 15.6. The summed E-state index contributed by atoms with van der Waals surface area (Å²) in [5, 5.41) is 15.2. The van der Waals surface area contributed by atoms with Crippen LogP contribution < -0.4 is 15.4 Å². The molecule has 1 heterocycles. The van der Waals surface area contributed by atoms with E-state index >= 15 is 0 Å². The highest BCUT2D eigenvalue weighted by molar-refractivity contribution is 5.79. The zero-order valence-electron chi connectivity index (χ0n) is 19.1. The van der Waals surface area contributed by atoms with Gasteiger partial charge in [0, 0.05) is 19.2 Å². The molecule has 1 saturated carbocycles. The summed E-state index contributed by atoms with van der Waals surface area (Å²) in [5.74, 6) is 4.14. The molecular weight excluding hydrogens is 400 g/mol. The Morgan fingerprint density at radius 2 is 1.84 bits per heavy atom. The van der Waals surface area contributed by atoms with Gasteiger partial charge in [0.25, 0.3) is 0 Å². The van der Waals surface area contributed by atoms with Gasteiger partial charge in [-0.25, -0.2) is 4.99 Å². The molecule has 0 radical (unpaired) electrons. The van der Waals surface area contributed by atoms with Crippen molar-refractivity contribution in [2.75, 3.05) is 6.61 Å². The van der Waals surface area contributed by atoms with E-state index < -0.39 is 0 Å². The molecule has 168 valence electrons. The number of aromatic nitrogens is 3. The summed E-state index contributed by atoms with van der Waals surface area (Å²) in [4.78, 5) is 4.79. The lowest BCUT2D eigenvalue weighted by Gasteiger charge is -2.16. The number of ether oxygens (including phenoxy) is 1. The lowest BCUT2D eigenvalue weighted by molar-refractivity contribution is 0.296. The average Bonchev–Trinajstić information content (AvgIpc) is 3.59. The van der Waals surface area contributed by atoms with E-state index in [1.165, 1.54) is 18.4 Å². The molecule has 7 heteroatoms. The SMILES string of the molecule is Cc1ccc(CNC(=NCc2ccccc2)NCc2nnc(C)n2C)c(OCC2CC2)c1. The van der Waals surface area contributed by atoms with Gasteiger partial charge in [-0.3, -0.25) is 0 Å². The molecule has 32 heavy (non-hydrogen) atoms. The summed E-state index contributed by atoms with van der Waals surface area (Å²) < 4.78 is 8.11. The monoisotopic (exact) mass is 432 g/mol. The van der Waals surface area contributed by atoms with Crippen LogP contribution in [-0.2, 0) is 26.7 Å². The number of guanidine groups is 1. The van der Waals surface area contributed by atoms with Crippen molar-refractivity contribution in [2.45, 2.75) is 46.3 Å². The molecule has 0 unspecified atom stereocenters. The van der Waals surface area contributed by atoms with E-state index in [0.29, 0.717) is 19.6 Å². The summed E-state index contributed by atoms with van der Waals surface area (Å²) in [7, 11) is 1.97. The van der Waals surface area contributed by atoms with Crippen LogP contribution in [0.5, 0.6) is 5.75 Å². The third-order valence-corrected chi connectivity index (χ3v) is 5.70. The van der Waals surface area contributed by atoms with Crippen LogP contribution in [0, 0.1) is 19.8 Å². The molecule has 2 aromatic carbocycles. The van der Waals surface area contributed by atoms with Gasteiger partial charge in [0.1, 0.15) is 11.6 Å². The molecule has 0 bridgehead atoms. The van der Waals surface area contributed by atoms with Crippen LogP contribution in [-0.4, -0.2) is 27.3 Å². The molecule has 7 nitrogen and oxygen atoms in total. The highest BCUT2D eigenvalue weighted by Gasteiger charge is 2.22. The van der Waals surface area contributed by atoms with Crippen LogP contribution in [0.25, 0.3) is 0 Å². The smallest absolute Gasteiger partial charge is 0.192 e. The topological polar surface area (TPSA) is 76.4 Å². The second-order valence-corrected chi connectivity index (χ2v) is 8.45. The number of hydrogen-bond acceptors (Lipinski definition) is 4. The minimum Gasteiger partial charge on any atom is -0.493 e. The number of aliphatic imine (C=N–C) groups is 1. The molecule has 3 aromatic rings. The molecule has 0 saturated heterocycles. The molecule has 0 aliphatic heterocycles. The van der Waals surface area contributed by atoms with Crippen LogP contribution in [0.4, 0.5) is 0 Å². The Kier molecular flexibility index (Phi) is 7.04. The second-order valence-electron chi connectivity index (χ2n) is 8.45. The van der Waals surface area contributed by atoms with Gasteiger partial charge in [0.2, 0.25) is 0 Å². The third kappa shape index (κ3) is 6.09. The van der Waals surface area contributed by atoms with Gasteiger partial charge in [0.05, 0.1) is 19.7 Å². The molecule has 4 rings (SSSR count). The minimum absolute atomic E-state index is 0.539. The molecule has 0 atom stereocenters. The van der Waals surface area contributed by atoms with Gasteiger partial charge in [-0.1, -0.05) is 42.5 Å². The largest absolute Gasteiger partial charge is 0.493 e. The normalized spacial score (nSPS) is 13.8. The van der Waals surface area contributed by atoms with Gasteiger partial charge in [0.15, 0.2) is 11.8 Å².